The SMILES string of the molecule is CC1C(CNC(=O)c2cccn3cnnc23)=NOC1Cc1ccccc1. The van der Waals surface area contributed by atoms with Crippen LogP contribution in [0, 0.1) is 5.92 Å². The molecule has 0 bridgehead atoms. The van der Waals surface area contributed by atoms with E-state index in [2.05, 4.69) is 39.7 Å². The van der Waals surface area contributed by atoms with Crippen molar-refractivity contribution in [2.24, 2.45) is 11.1 Å². The summed E-state index contributed by atoms with van der Waals surface area (Å²) in [7, 11) is 0. The van der Waals surface area contributed by atoms with E-state index in [1.54, 1.807) is 29.1 Å². The monoisotopic (exact) mass is 349 g/mol. The van der Waals surface area contributed by atoms with E-state index in [4.69, 9.17) is 4.84 Å². The number of pyridine rings is 1. The molecule has 7 nitrogen and oxygen atoms in total. The fourth-order valence-electron chi connectivity index (χ4n) is 3.07. The summed E-state index contributed by atoms with van der Waals surface area (Å²) >= 11 is 0. The largest absolute Gasteiger partial charge is 0.391 e. The topological polar surface area (TPSA) is 80.9 Å². The third-order valence-electron chi connectivity index (χ3n) is 4.67. The van der Waals surface area contributed by atoms with Crippen molar-refractivity contribution in [2.75, 3.05) is 6.54 Å². The number of hydrogen-bond donors (Lipinski definition) is 1. The average molecular weight is 349 g/mol. The molecular weight excluding hydrogens is 330 g/mol. The molecule has 2 unspecified atom stereocenters. The van der Waals surface area contributed by atoms with Crippen molar-refractivity contribution in [3.8, 4) is 0 Å². The summed E-state index contributed by atoms with van der Waals surface area (Å²) in [5, 5.41) is 14.9. The first-order chi connectivity index (χ1) is 12.7. The molecule has 0 fully saturated rings. The first kappa shape index (κ1) is 16.3. The first-order valence-electron chi connectivity index (χ1n) is 8.55. The van der Waals surface area contributed by atoms with Gasteiger partial charge in [-0.15, -0.1) is 10.2 Å². The van der Waals surface area contributed by atoms with E-state index in [0.717, 1.165) is 12.1 Å². The highest BCUT2D eigenvalue weighted by atomic mass is 16.6. The van der Waals surface area contributed by atoms with E-state index < -0.39 is 0 Å². The number of rotatable bonds is 5. The average Bonchev–Trinajstić information content (AvgIpc) is 3.28. The fourth-order valence-corrected chi connectivity index (χ4v) is 3.07. The number of nitrogens with zero attached hydrogens (tertiary/aromatic N) is 4. The Labute approximate surface area is 150 Å². The summed E-state index contributed by atoms with van der Waals surface area (Å²) in [6, 6.07) is 13.7. The van der Waals surface area contributed by atoms with Crippen molar-refractivity contribution < 1.29 is 9.63 Å². The van der Waals surface area contributed by atoms with Crippen LogP contribution in [0.1, 0.15) is 22.8 Å². The summed E-state index contributed by atoms with van der Waals surface area (Å²) in [5.74, 6) is -0.0654. The van der Waals surface area contributed by atoms with Gasteiger partial charge in [0.05, 0.1) is 17.8 Å². The summed E-state index contributed by atoms with van der Waals surface area (Å²) < 4.78 is 1.71. The minimum atomic E-state index is -0.204. The second-order valence-corrected chi connectivity index (χ2v) is 6.37. The number of nitrogens with one attached hydrogen (secondary N) is 1. The van der Waals surface area contributed by atoms with Gasteiger partial charge in [0.1, 0.15) is 12.4 Å². The van der Waals surface area contributed by atoms with Crippen molar-refractivity contribution in [2.45, 2.75) is 19.4 Å². The van der Waals surface area contributed by atoms with E-state index >= 15 is 0 Å². The molecule has 0 saturated carbocycles. The molecule has 26 heavy (non-hydrogen) atoms. The zero-order valence-electron chi connectivity index (χ0n) is 14.4. The van der Waals surface area contributed by atoms with Crippen molar-refractivity contribution in [3.63, 3.8) is 0 Å². The minimum absolute atomic E-state index is 0.00997. The molecule has 1 N–H and O–H groups in total. The number of amides is 1. The van der Waals surface area contributed by atoms with Gasteiger partial charge in [-0.2, -0.15) is 0 Å². The molecule has 0 saturated heterocycles. The Hall–Kier alpha value is -3.22. The highest BCUT2D eigenvalue weighted by Gasteiger charge is 2.30. The molecule has 4 rings (SSSR count). The van der Waals surface area contributed by atoms with E-state index in [1.807, 2.05) is 18.2 Å². The first-order valence-corrected chi connectivity index (χ1v) is 8.55. The molecular formula is C19H19N5O2. The molecule has 0 spiro atoms. The van der Waals surface area contributed by atoms with Gasteiger partial charge in [-0.25, -0.2) is 0 Å². The zero-order valence-corrected chi connectivity index (χ0v) is 14.4. The van der Waals surface area contributed by atoms with Gasteiger partial charge in [0.2, 0.25) is 0 Å². The lowest BCUT2D eigenvalue weighted by Gasteiger charge is -2.15. The van der Waals surface area contributed by atoms with E-state index in [1.165, 1.54) is 5.56 Å². The second kappa shape index (κ2) is 6.95. The van der Waals surface area contributed by atoms with Crippen LogP contribution in [0.25, 0.3) is 5.65 Å². The predicted octanol–water partition coefficient (Wildman–Crippen LogP) is 2.09. The van der Waals surface area contributed by atoms with Gasteiger partial charge in [-0.1, -0.05) is 42.4 Å². The van der Waals surface area contributed by atoms with Crippen molar-refractivity contribution in [1.82, 2.24) is 19.9 Å². The maximum atomic E-state index is 12.5. The molecule has 1 amide bonds. The van der Waals surface area contributed by atoms with E-state index in [-0.39, 0.29) is 17.9 Å². The van der Waals surface area contributed by atoms with Crippen LogP contribution < -0.4 is 5.32 Å². The van der Waals surface area contributed by atoms with Gasteiger partial charge in [0.25, 0.3) is 5.91 Å². The third kappa shape index (κ3) is 3.15. The molecule has 2 aromatic heterocycles. The van der Waals surface area contributed by atoms with Crippen molar-refractivity contribution in [1.29, 1.82) is 0 Å². The lowest BCUT2D eigenvalue weighted by Crippen LogP contribution is -2.34. The van der Waals surface area contributed by atoms with Gasteiger partial charge in [0, 0.05) is 18.5 Å². The number of fused-ring (bicyclic) bond motifs is 1. The van der Waals surface area contributed by atoms with Crippen LogP contribution in [-0.4, -0.2) is 38.9 Å². The van der Waals surface area contributed by atoms with Crippen LogP contribution in [0.15, 0.2) is 60.1 Å². The number of benzene rings is 1. The second-order valence-electron chi connectivity index (χ2n) is 6.37. The quantitative estimate of drug-likeness (QED) is 0.765. The van der Waals surface area contributed by atoms with Gasteiger partial charge < -0.3 is 10.2 Å². The third-order valence-corrected chi connectivity index (χ3v) is 4.67. The molecule has 0 aliphatic carbocycles. The van der Waals surface area contributed by atoms with Crippen molar-refractivity contribution >= 4 is 17.3 Å². The van der Waals surface area contributed by atoms with Crippen LogP contribution in [0.2, 0.25) is 0 Å². The minimum Gasteiger partial charge on any atom is -0.391 e. The highest BCUT2D eigenvalue weighted by Crippen LogP contribution is 2.21. The molecule has 1 aliphatic rings. The molecule has 3 heterocycles. The standard InChI is InChI=1S/C19H19N5O2/c1-13-16(23-26-17(13)10-14-6-3-2-4-7-14)11-20-19(25)15-8-5-9-24-12-21-22-18(15)24/h2-9,12-13,17H,10-11H2,1H3,(H,20,25). The maximum absolute atomic E-state index is 12.5. The summed E-state index contributed by atoms with van der Waals surface area (Å²) in [5.41, 5.74) is 3.07. The highest BCUT2D eigenvalue weighted by molar-refractivity contribution is 6.02. The zero-order chi connectivity index (χ0) is 17.9. The Bertz CT molecular complexity index is 951. The Morgan fingerprint density at radius 1 is 1.23 bits per heavy atom. The Morgan fingerprint density at radius 2 is 2.08 bits per heavy atom. The Kier molecular flexibility index (Phi) is 4.35. The maximum Gasteiger partial charge on any atom is 0.255 e. The van der Waals surface area contributed by atoms with Gasteiger partial charge in [-0.3, -0.25) is 9.20 Å². The van der Waals surface area contributed by atoms with Gasteiger partial charge >= 0.3 is 0 Å². The smallest absolute Gasteiger partial charge is 0.255 e. The van der Waals surface area contributed by atoms with Crippen LogP contribution in [0.5, 0.6) is 0 Å². The fraction of sp³-hybridized carbons (Fsp3) is 0.263. The number of carbonyl (C=O) groups excluding carboxylic acids is 1. The summed E-state index contributed by atoms with van der Waals surface area (Å²) in [6.45, 7) is 2.42. The molecule has 132 valence electrons. The lowest BCUT2D eigenvalue weighted by molar-refractivity contribution is 0.0660. The molecule has 3 aromatic rings. The van der Waals surface area contributed by atoms with E-state index in [9.17, 15) is 4.79 Å². The van der Waals surface area contributed by atoms with Crippen molar-refractivity contribution in [3.05, 3.63) is 66.1 Å². The molecule has 0 radical (unpaired) electrons. The lowest BCUT2D eigenvalue weighted by atomic mass is 9.94. The molecule has 1 aromatic carbocycles. The number of aromatic nitrogens is 3. The van der Waals surface area contributed by atoms with Crippen LogP contribution in [-0.2, 0) is 11.3 Å². The Morgan fingerprint density at radius 3 is 2.92 bits per heavy atom. The number of hydrogen-bond acceptors (Lipinski definition) is 5. The molecule has 1 aliphatic heterocycles. The number of oxime groups is 1. The molecule has 7 heteroatoms. The van der Waals surface area contributed by atoms with Crippen LogP contribution >= 0.6 is 0 Å². The van der Waals surface area contributed by atoms with Gasteiger partial charge in [0.15, 0.2) is 5.65 Å². The summed E-state index contributed by atoms with van der Waals surface area (Å²) in [4.78, 5) is 18.1. The Balaban J connectivity index is 1.38. The van der Waals surface area contributed by atoms with Crippen LogP contribution in [0.4, 0.5) is 0 Å². The van der Waals surface area contributed by atoms with E-state index in [0.29, 0.717) is 17.8 Å². The molecule has 2 atom stereocenters. The summed E-state index contributed by atoms with van der Waals surface area (Å²) in [6.07, 6.45) is 4.15. The predicted molar refractivity (Wildman–Crippen MR) is 96.9 cm³/mol. The van der Waals surface area contributed by atoms with Crippen LogP contribution in [0.3, 0.4) is 0 Å². The normalized spacial score (nSPS) is 19.2. The number of carbonyl (C=O) groups is 1. The van der Waals surface area contributed by atoms with Gasteiger partial charge in [-0.05, 0) is 17.7 Å².